The lowest BCUT2D eigenvalue weighted by Crippen LogP contribution is -2.61. The van der Waals surface area contributed by atoms with Crippen LogP contribution in [-0.2, 0) is 14.4 Å². The Kier molecular flexibility index (Phi) is 26.2. The molecule has 0 atom stereocenters. The molecule has 0 radical (unpaired) electrons. The number of Topliss-reactive ketones (excluding diaryl/α,β-unsaturated/α-hetero) is 3. The van der Waals surface area contributed by atoms with E-state index in [1.165, 1.54) is 89.2 Å². The minimum atomic E-state index is -1.91. The summed E-state index contributed by atoms with van der Waals surface area (Å²) in [5.74, 6) is -2.33. The van der Waals surface area contributed by atoms with Gasteiger partial charge < -0.3 is 15.9 Å². The highest BCUT2D eigenvalue weighted by molar-refractivity contribution is 6.29. The summed E-state index contributed by atoms with van der Waals surface area (Å²) in [7, 11) is 0. The van der Waals surface area contributed by atoms with Crippen molar-refractivity contribution in [3.63, 3.8) is 0 Å². The summed E-state index contributed by atoms with van der Waals surface area (Å²) in [5, 5.41) is 17.3. The lowest BCUT2D eigenvalue weighted by molar-refractivity contribution is -0.142. The second kappa shape index (κ2) is 27.7. The summed E-state index contributed by atoms with van der Waals surface area (Å²) in [6.45, 7) is 6.60. The molecule has 0 aliphatic rings. The molecule has 0 bridgehead atoms. The van der Waals surface area contributed by atoms with Crippen molar-refractivity contribution in [1.29, 1.82) is 0 Å². The lowest BCUT2D eigenvalue weighted by atomic mass is 9.79. The zero-order valence-corrected chi connectivity index (χ0v) is 28.9. The molecule has 7 heteroatoms. The number of ketones is 3. The number of carbonyl (C=O) groups is 4. The van der Waals surface area contributed by atoms with Crippen LogP contribution in [0, 0.1) is 0 Å². The third-order valence-electron chi connectivity index (χ3n) is 8.48. The van der Waals surface area contributed by atoms with Gasteiger partial charge in [-0.05, 0) is 31.4 Å². The summed E-state index contributed by atoms with van der Waals surface area (Å²) in [6, 6.07) is 5.81. The van der Waals surface area contributed by atoms with E-state index in [0.717, 1.165) is 57.8 Å². The maximum absolute atomic E-state index is 13.1. The fourth-order valence-corrected chi connectivity index (χ4v) is 5.44. The van der Waals surface area contributed by atoms with Crippen molar-refractivity contribution in [3.8, 4) is 5.75 Å². The van der Waals surface area contributed by atoms with E-state index < -0.39 is 11.5 Å². The molecular formula is C38H65NO6. The first kappa shape index (κ1) is 42.5. The molecule has 4 N–H and O–H groups in total. The molecule has 0 spiro atoms. The topological polar surface area (TPSA) is 135 Å². The normalized spacial score (nSPS) is 11.1. The van der Waals surface area contributed by atoms with Gasteiger partial charge in [-0.25, -0.2) is 4.79 Å². The van der Waals surface area contributed by atoms with Gasteiger partial charge in [0.2, 0.25) is 0 Å². The van der Waals surface area contributed by atoms with Crippen molar-refractivity contribution in [2.75, 3.05) is 0 Å². The standard InChI is InChI=1S/C31H59NO3.C7H6O3/c1-4-7-10-13-16-19-22-25-28(33)31(32,29(34)26-23-20-17-14-11-8-5-2)30(35)27-24-21-18-15-12-9-6-3;8-6-4-2-1-3-5(6)7(9)10/h4-27,32H2,1-3H3;1-4,8H,(H,9,10). The van der Waals surface area contributed by atoms with Gasteiger partial charge in [0.1, 0.15) is 11.3 Å². The maximum Gasteiger partial charge on any atom is 0.339 e. The average molecular weight is 632 g/mol. The molecule has 0 saturated heterocycles. The minimum Gasteiger partial charge on any atom is -0.507 e. The Morgan fingerprint density at radius 1 is 0.533 bits per heavy atom. The van der Waals surface area contributed by atoms with Crippen LogP contribution in [0.3, 0.4) is 0 Å². The third kappa shape index (κ3) is 19.6. The number of phenols is 1. The van der Waals surface area contributed by atoms with E-state index in [2.05, 4.69) is 20.8 Å². The van der Waals surface area contributed by atoms with Gasteiger partial charge in [-0.3, -0.25) is 14.4 Å². The van der Waals surface area contributed by atoms with Crippen LogP contribution in [0.1, 0.15) is 185 Å². The molecule has 7 nitrogen and oxygen atoms in total. The van der Waals surface area contributed by atoms with Gasteiger partial charge in [-0.2, -0.15) is 0 Å². The van der Waals surface area contributed by atoms with E-state index in [1.54, 1.807) is 12.1 Å². The van der Waals surface area contributed by atoms with Crippen molar-refractivity contribution in [3.05, 3.63) is 29.8 Å². The Labute approximate surface area is 274 Å². The zero-order chi connectivity index (χ0) is 33.8. The highest BCUT2D eigenvalue weighted by Crippen LogP contribution is 2.21. The van der Waals surface area contributed by atoms with Crippen molar-refractivity contribution < 1.29 is 29.4 Å². The number of aromatic carboxylic acids is 1. The summed E-state index contributed by atoms with van der Waals surface area (Å²) >= 11 is 0. The summed E-state index contributed by atoms with van der Waals surface area (Å²) in [4.78, 5) is 49.7. The Balaban J connectivity index is 0.00000162. The predicted octanol–water partition coefficient (Wildman–Crippen LogP) is 9.90. The summed E-state index contributed by atoms with van der Waals surface area (Å²) < 4.78 is 0. The highest BCUT2D eigenvalue weighted by atomic mass is 16.4. The largest absolute Gasteiger partial charge is 0.507 e. The molecule has 0 aliphatic heterocycles. The summed E-state index contributed by atoms with van der Waals surface area (Å²) in [6.07, 6.45) is 23.8. The minimum absolute atomic E-state index is 0.0671. The number of carbonyl (C=O) groups excluding carboxylic acids is 3. The highest BCUT2D eigenvalue weighted by Gasteiger charge is 2.46. The van der Waals surface area contributed by atoms with Crippen LogP contribution < -0.4 is 5.73 Å². The van der Waals surface area contributed by atoms with Crippen LogP contribution in [0.4, 0.5) is 0 Å². The summed E-state index contributed by atoms with van der Waals surface area (Å²) in [5.41, 5.74) is 4.44. The number of aromatic hydroxyl groups is 1. The number of rotatable bonds is 28. The monoisotopic (exact) mass is 631 g/mol. The van der Waals surface area contributed by atoms with Crippen LogP contribution >= 0.6 is 0 Å². The second-order valence-corrected chi connectivity index (χ2v) is 12.5. The van der Waals surface area contributed by atoms with Gasteiger partial charge in [0, 0.05) is 19.3 Å². The molecule has 0 amide bonds. The van der Waals surface area contributed by atoms with Gasteiger partial charge in [0.15, 0.2) is 22.9 Å². The average Bonchev–Trinajstić information content (AvgIpc) is 3.03. The lowest BCUT2D eigenvalue weighted by Gasteiger charge is -2.25. The van der Waals surface area contributed by atoms with Crippen molar-refractivity contribution in [2.45, 2.75) is 180 Å². The number of para-hydroxylation sites is 1. The number of hydrogen-bond acceptors (Lipinski definition) is 6. The van der Waals surface area contributed by atoms with Gasteiger partial charge in [0.25, 0.3) is 0 Å². The van der Waals surface area contributed by atoms with Gasteiger partial charge in [0.05, 0.1) is 0 Å². The van der Waals surface area contributed by atoms with Crippen LogP contribution in [0.25, 0.3) is 0 Å². The van der Waals surface area contributed by atoms with E-state index in [4.69, 9.17) is 15.9 Å². The first-order valence-electron chi connectivity index (χ1n) is 18.1. The van der Waals surface area contributed by atoms with E-state index >= 15 is 0 Å². The number of hydrogen-bond donors (Lipinski definition) is 3. The van der Waals surface area contributed by atoms with Gasteiger partial charge in [-0.15, -0.1) is 0 Å². The Bertz CT molecular complexity index is 870. The smallest absolute Gasteiger partial charge is 0.339 e. The molecule has 258 valence electrons. The fourth-order valence-electron chi connectivity index (χ4n) is 5.44. The number of benzene rings is 1. The maximum atomic E-state index is 13.1. The number of nitrogens with two attached hydrogens (primary N) is 1. The van der Waals surface area contributed by atoms with Crippen LogP contribution in [-0.4, -0.2) is 39.1 Å². The van der Waals surface area contributed by atoms with Crippen molar-refractivity contribution >= 4 is 23.3 Å². The van der Waals surface area contributed by atoms with E-state index in [0.29, 0.717) is 0 Å². The molecule has 45 heavy (non-hydrogen) atoms. The van der Waals surface area contributed by atoms with E-state index in [1.807, 2.05) is 0 Å². The van der Waals surface area contributed by atoms with Crippen LogP contribution in [0.15, 0.2) is 24.3 Å². The Hall–Kier alpha value is -2.54. The number of carboxylic acid groups (broad SMARTS) is 1. The molecule has 1 aromatic rings. The molecule has 0 fully saturated rings. The molecular weight excluding hydrogens is 566 g/mol. The molecule has 0 aliphatic carbocycles. The Morgan fingerprint density at radius 2 is 0.822 bits per heavy atom. The first-order chi connectivity index (χ1) is 21.7. The number of carboxylic acids is 1. The van der Waals surface area contributed by atoms with E-state index in [-0.39, 0.29) is 47.9 Å². The first-order valence-corrected chi connectivity index (χ1v) is 18.1. The molecule has 0 heterocycles. The van der Waals surface area contributed by atoms with Crippen molar-refractivity contribution in [1.82, 2.24) is 0 Å². The molecule has 1 aromatic carbocycles. The van der Waals surface area contributed by atoms with Crippen LogP contribution in [0.2, 0.25) is 0 Å². The van der Waals surface area contributed by atoms with Gasteiger partial charge >= 0.3 is 5.97 Å². The molecule has 0 saturated carbocycles. The quantitative estimate of drug-likeness (QED) is 0.0618. The zero-order valence-electron chi connectivity index (χ0n) is 28.9. The SMILES string of the molecule is CCCCCCCCCC(=O)C(N)(C(=O)CCCCCCCCC)C(=O)CCCCCCCCC.O=C(O)c1ccccc1O. The van der Waals surface area contributed by atoms with E-state index in [9.17, 15) is 19.2 Å². The number of unbranched alkanes of at least 4 members (excludes halogenated alkanes) is 18. The molecule has 1 rings (SSSR count). The molecule has 0 unspecified atom stereocenters. The predicted molar refractivity (Wildman–Crippen MR) is 185 cm³/mol. The fraction of sp³-hybridized carbons (Fsp3) is 0.737. The Morgan fingerprint density at radius 3 is 1.09 bits per heavy atom. The van der Waals surface area contributed by atoms with Crippen LogP contribution in [0.5, 0.6) is 5.75 Å². The van der Waals surface area contributed by atoms with Crippen molar-refractivity contribution in [2.24, 2.45) is 5.73 Å². The molecule has 0 aromatic heterocycles. The third-order valence-corrected chi connectivity index (χ3v) is 8.48. The van der Waals surface area contributed by atoms with Gasteiger partial charge in [-0.1, -0.05) is 148 Å². The second-order valence-electron chi connectivity index (χ2n) is 12.5.